The summed E-state index contributed by atoms with van der Waals surface area (Å²) < 4.78 is 0. The quantitative estimate of drug-likeness (QED) is 0.498. The molecule has 20 heavy (non-hydrogen) atoms. The zero-order valence-electron chi connectivity index (χ0n) is 11.7. The van der Waals surface area contributed by atoms with E-state index < -0.39 is 0 Å². The van der Waals surface area contributed by atoms with E-state index in [0.717, 1.165) is 25.7 Å². The molecule has 104 valence electrons. The molecule has 0 N–H and O–H groups in total. The first-order chi connectivity index (χ1) is 9.85. The predicted octanol–water partition coefficient (Wildman–Crippen LogP) is 6.35. The van der Waals surface area contributed by atoms with Crippen molar-refractivity contribution in [1.82, 2.24) is 0 Å². The molecule has 0 amide bonds. The van der Waals surface area contributed by atoms with Crippen LogP contribution in [0.4, 0.5) is 0 Å². The summed E-state index contributed by atoms with van der Waals surface area (Å²) >= 11 is 3.52. The fourth-order valence-corrected chi connectivity index (χ4v) is 3.70. The summed E-state index contributed by atoms with van der Waals surface area (Å²) in [7, 11) is 0. The van der Waals surface area contributed by atoms with Crippen molar-refractivity contribution in [2.75, 3.05) is 0 Å². The van der Waals surface area contributed by atoms with E-state index in [1.54, 1.807) is 22.7 Å². The molecule has 0 atom stereocenters. The van der Waals surface area contributed by atoms with Crippen LogP contribution in [0.25, 0.3) is 5.57 Å². The maximum absolute atomic E-state index is 3.91. The van der Waals surface area contributed by atoms with Crippen LogP contribution in [0, 0.1) is 0 Å². The first-order valence-corrected chi connectivity index (χ1v) is 8.70. The van der Waals surface area contributed by atoms with Crippen molar-refractivity contribution in [3.8, 4) is 0 Å². The summed E-state index contributed by atoms with van der Waals surface area (Å²) in [4.78, 5) is 0. The lowest BCUT2D eigenvalue weighted by atomic mass is 9.93. The molecular weight excluding hydrogens is 280 g/mol. The smallest absolute Gasteiger partial charge is 0.00179 e. The second kappa shape index (κ2) is 8.03. The molecule has 0 unspecified atom stereocenters. The maximum atomic E-state index is 3.91. The fraction of sp³-hybridized carbons (Fsp3) is 0.222. The van der Waals surface area contributed by atoms with E-state index in [9.17, 15) is 0 Å². The third-order valence-electron chi connectivity index (χ3n) is 3.33. The van der Waals surface area contributed by atoms with Gasteiger partial charge in [-0.1, -0.05) is 17.7 Å². The maximum Gasteiger partial charge on any atom is -0.00179 e. The number of rotatable bonds is 8. The van der Waals surface area contributed by atoms with Crippen LogP contribution in [0.15, 0.2) is 64.5 Å². The predicted molar refractivity (Wildman–Crippen MR) is 93.5 cm³/mol. The molecule has 2 aromatic heterocycles. The molecule has 2 heteroatoms. The Morgan fingerprint density at radius 3 is 2.35 bits per heavy atom. The number of hydrogen-bond acceptors (Lipinski definition) is 2. The number of allylic oxidation sites excluding steroid dienone is 4. The van der Waals surface area contributed by atoms with E-state index in [1.807, 2.05) is 12.2 Å². The molecule has 0 radical (unpaired) electrons. The summed E-state index contributed by atoms with van der Waals surface area (Å²) in [6, 6.07) is 4.42. The molecule has 0 aliphatic rings. The fourth-order valence-electron chi connectivity index (χ4n) is 2.33. The Kier molecular flexibility index (Phi) is 6.03. The molecule has 2 heterocycles. The Bertz CT molecular complexity index is 557. The van der Waals surface area contributed by atoms with Gasteiger partial charge >= 0.3 is 0 Å². The third kappa shape index (κ3) is 4.06. The van der Waals surface area contributed by atoms with Gasteiger partial charge in [-0.3, -0.25) is 0 Å². The highest BCUT2D eigenvalue weighted by atomic mass is 32.1. The minimum absolute atomic E-state index is 0.934. The van der Waals surface area contributed by atoms with Crippen LogP contribution >= 0.6 is 22.7 Å². The van der Waals surface area contributed by atoms with Crippen LogP contribution in [-0.4, -0.2) is 0 Å². The van der Waals surface area contributed by atoms with Gasteiger partial charge in [-0.15, -0.1) is 13.2 Å². The van der Waals surface area contributed by atoms with E-state index in [-0.39, 0.29) is 0 Å². The monoisotopic (exact) mass is 300 g/mol. The van der Waals surface area contributed by atoms with Gasteiger partial charge in [0.15, 0.2) is 0 Å². The van der Waals surface area contributed by atoms with Gasteiger partial charge in [0.1, 0.15) is 0 Å². The lowest BCUT2D eigenvalue weighted by Crippen LogP contribution is -1.93. The molecule has 0 nitrogen and oxygen atoms in total. The Morgan fingerprint density at radius 2 is 1.75 bits per heavy atom. The molecule has 0 aliphatic carbocycles. The van der Waals surface area contributed by atoms with Crippen molar-refractivity contribution >= 4 is 28.2 Å². The summed E-state index contributed by atoms with van der Waals surface area (Å²) in [5, 5.41) is 8.76. The highest BCUT2D eigenvalue weighted by Crippen LogP contribution is 2.29. The Morgan fingerprint density at radius 1 is 1.00 bits per heavy atom. The molecule has 0 saturated carbocycles. The molecule has 2 rings (SSSR count). The van der Waals surface area contributed by atoms with Gasteiger partial charge in [-0.25, -0.2) is 0 Å². The van der Waals surface area contributed by atoms with Crippen LogP contribution in [0.2, 0.25) is 0 Å². The normalized spacial score (nSPS) is 12.0. The van der Waals surface area contributed by atoms with Crippen LogP contribution in [0.5, 0.6) is 0 Å². The minimum atomic E-state index is 0.934. The lowest BCUT2D eigenvalue weighted by molar-refractivity contribution is 0.913. The number of aryl methyl sites for hydroxylation is 1. The minimum Gasteiger partial charge on any atom is -0.152 e. The van der Waals surface area contributed by atoms with E-state index in [4.69, 9.17) is 0 Å². The van der Waals surface area contributed by atoms with E-state index in [1.165, 1.54) is 22.3 Å². The van der Waals surface area contributed by atoms with Crippen LogP contribution in [0.3, 0.4) is 0 Å². The standard InChI is InChI=1S/C18H20S2/c1-3-5-16(8-7-15-9-11-19-13-15)18(6-4-2)17-10-12-20-14-17/h3-4,9-14H,1-2,5-8H2. The highest BCUT2D eigenvalue weighted by Gasteiger charge is 2.08. The van der Waals surface area contributed by atoms with E-state index in [2.05, 4.69) is 46.8 Å². The zero-order valence-corrected chi connectivity index (χ0v) is 13.3. The third-order valence-corrected chi connectivity index (χ3v) is 4.75. The van der Waals surface area contributed by atoms with Gasteiger partial charge in [0, 0.05) is 0 Å². The van der Waals surface area contributed by atoms with Crippen molar-refractivity contribution in [2.24, 2.45) is 0 Å². The molecule has 0 bridgehead atoms. The van der Waals surface area contributed by atoms with Gasteiger partial charge in [0.25, 0.3) is 0 Å². The van der Waals surface area contributed by atoms with Crippen LogP contribution < -0.4 is 0 Å². The highest BCUT2D eigenvalue weighted by molar-refractivity contribution is 7.08. The van der Waals surface area contributed by atoms with Crippen molar-refractivity contribution < 1.29 is 0 Å². The topological polar surface area (TPSA) is 0 Å². The molecule has 0 spiro atoms. The molecular formula is C18H20S2. The Balaban J connectivity index is 2.23. The SMILES string of the molecule is C=CCC(CCc1ccsc1)=C(CC=C)c1ccsc1. The molecule has 0 saturated heterocycles. The lowest BCUT2D eigenvalue weighted by Gasteiger charge is -2.12. The molecule has 0 aliphatic heterocycles. The van der Waals surface area contributed by atoms with Crippen molar-refractivity contribution in [1.29, 1.82) is 0 Å². The second-order valence-electron chi connectivity index (χ2n) is 4.71. The number of thiophene rings is 2. The van der Waals surface area contributed by atoms with Crippen LogP contribution in [-0.2, 0) is 6.42 Å². The first kappa shape index (κ1) is 15.0. The Hall–Kier alpha value is -1.38. The first-order valence-electron chi connectivity index (χ1n) is 6.81. The van der Waals surface area contributed by atoms with E-state index in [0.29, 0.717) is 0 Å². The van der Waals surface area contributed by atoms with Crippen molar-refractivity contribution in [3.63, 3.8) is 0 Å². The van der Waals surface area contributed by atoms with Crippen LogP contribution in [0.1, 0.15) is 30.4 Å². The average molecular weight is 300 g/mol. The summed E-state index contributed by atoms with van der Waals surface area (Å²) in [6.45, 7) is 7.82. The van der Waals surface area contributed by atoms with Gasteiger partial charge in [0.2, 0.25) is 0 Å². The second-order valence-corrected chi connectivity index (χ2v) is 6.27. The molecule has 0 fully saturated rings. The molecule has 2 aromatic rings. The van der Waals surface area contributed by atoms with Gasteiger partial charge < -0.3 is 0 Å². The van der Waals surface area contributed by atoms with Crippen molar-refractivity contribution in [2.45, 2.75) is 25.7 Å². The number of hydrogen-bond donors (Lipinski definition) is 0. The molecule has 0 aromatic carbocycles. The van der Waals surface area contributed by atoms with Crippen molar-refractivity contribution in [3.05, 3.63) is 75.7 Å². The van der Waals surface area contributed by atoms with E-state index >= 15 is 0 Å². The summed E-state index contributed by atoms with van der Waals surface area (Å²) in [5.41, 5.74) is 5.69. The van der Waals surface area contributed by atoms with Gasteiger partial charge in [0.05, 0.1) is 0 Å². The van der Waals surface area contributed by atoms with Gasteiger partial charge in [-0.05, 0) is 76.0 Å². The average Bonchev–Trinajstić information content (AvgIpc) is 3.13. The van der Waals surface area contributed by atoms with Gasteiger partial charge in [-0.2, -0.15) is 22.7 Å². The summed E-state index contributed by atoms with van der Waals surface area (Å²) in [6.07, 6.45) is 8.12. The Labute approximate surface area is 129 Å². The largest absolute Gasteiger partial charge is 0.152 e. The zero-order chi connectivity index (χ0) is 14.2. The summed E-state index contributed by atoms with van der Waals surface area (Å²) in [5.74, 6) is 0.